The molecule has 1 N–H and O–H groups in total. The van der Waals surface area contributed by atoms with Crippen LogP contribution in [-0.2, 0) is 13.0 Å². The maximum absolute atomic E-state index is 10.4. The van der Waals surface area contributed by atoms with Crippen LogP contribution in [0.2, 0.25) is 0 Å². The molecule has 158 valence electrons. The van der Waals surface area contributed by atoms with Crippen molar-refractivity contribution in [3.63, 3.8) is 0 Å². The molecule has 2 heterocycles. The fourth-order valence-corrected chi connectivity index (χ4v) is 3.46. The molecule has 3 aromatic rings. The maximum Gasteiger partial charge on any atom is 0.221 e. The molecule has 6 heteroatoms. The van der Waals surface area contributed by atoms with E-state index >= 15 is 0 Å². The predicted octanol–water partition coefficient (Wildman–Crippen LogP) is 4.90. The summed E-state index contributed by atoms with van der Waals surface area (Å²) in [5.74, 6) is 1.85. The highest BCUT2D eigenvalue weighted by Crippen LogP contribution is 2.24. The molecule has 0 aliphatic carbocycles. The first-order chi connectivity index (χ1) is 15.1. The van der Waals surface area contributed by atoms with Crippen LogP contribution in [-0.4, -0.2) is 30.1 Å². The molecule has 0 atom stereocenters. The number of aromatic nitrogens is 1. The lowest BCUT2D eigenvalue weighted by atomic mass is 10.0. The third-order valence-corrected chi connectivity index (χ3v) is 5.17. The molecule has 0 amide bonds. The Bertz CT molecular complexity index is 1090. The number of hydrogen-bond donors (Lipinski definition) is 1. The fourth-order valence-electron chi connectivity index (χ4n) is 3.46. The van der Waals surface area contributed by atoms with Gasteiger partial charge in [0.2, 0.25) is 11.8 Å². The molecule has 6 nitrogen and oxygen atoms in total. The molecule has 1 aliphatic heterocycles. The molecule has 31 heavy (non-hydrogen) atoms. The van der Waals surface area contributed by atoms with Crippen molar-refractivity contribution in [1.82, 2.24) is 4.98 Å². The van der Waals surface area contributed by atoms with Gasteiger partial charge in [-0.3, -0.25) is 4.98 Å². The van der Waals surface area contributed by atoms with E-state index in [0.29, 0.717) is 17.2 Å². The average molecular weight is 415 g/mol. The molecule has 2 aromatic carbocycles. The van der Waals surface area contributed by atoms with Crippen molar-refractivity contribution in [1.29, 1.82) is 0 Å². The van der Waals surface area contributed by atoms with E-state index < -0.39 is 0 Å². The number of anilines is 1. The number of aliphatic imine (C=N–C) groups is 1. The summed E-state index contributed by atoms with van der Waals surface area (Å²) >= 11 is 0. The summed E-state index contributed by atoms with van der Waals surface area (Å²) < 4.78 is 11.1. The van der Waals surface area contributed by atoms with Crippen LogP contribution in [0.15, 0.2) is 83.9 Å². The molecule has 0 bridgehead atoms. The smallest absolute Gasteiger partial charge is 0.221 e. The zero-order valence-electron chi connectivity index (χ0n) is 17.7. The molecule has 0 spiro atoms. The van der Waals surface area contributed by atoms with E-state index in [1.165, 1.54) is 5.56 Å². The lowest BCUT2D eigenvalue weighted by Gasteiger charge is -2.20. The van der Waals surface area contributed by atoms with E-state index in [0.717, 1.165) is 36.4 Å². The van der Waals surface area contributed by atoms with Gasteiger partial charge in [0.15, 0.2) is 0 Å². The Labute approximate surface area is 182 Å². The van der Waals surface area contributed by atoms with E-state index in [4.69, 9.17) is 9.47 Å². The second kappa shape index (κ2) is 9.34. The van der Waals surface area contributed by atoms with Crippen LogP contribution in [0.3, 0.4) is 0 Å². The minimum atomic E-state index is -0.0563. The summed E-state index contributed by atoms with van der Waals surface area (Å²) in [6.07, 6.45) is 6.83. The highest BCUT2D eigenvalue weighted by molar-refractivity contribution is 5.94. The minimum absolute atomic E-state index is 0.0563. The van der Waals surface area contributed by atoms with Gasteiger partial charge >= 0.3 is 0 Å². The molecule has 0 saturated heterocycles. The number of hydrogen-bond acceptors (Lipinski definition) is 5. The standard InChI is InChI=1S/C25H25N3O3/c1-28(17-18-6-10-21(30-2)11-7-18)20-8-12-22(13-9-20)31-24-5-3-4-19-16-26-15-14-23(19)25(29)27-24/h5-16H,3-4,17H2,1-2H3,(H,27,29)/b24-5+. The topological polar surface area (TPSA) is 67.2 Å². The van der Waals surface area contributed by atoms with Crippen molar-refractivity contribution in [3.8, 4) is 11.5 Å². The summed E-state index contributed by atoms with van der Waals surface area (Å²) in [6, 6.07) is 17.7. The minimum Gasteiger partial charge on any atom is -0.497 e. The van der Waals surface area contributed by atoms with Crippen molar-refractivity contribution < 1.29 is 14.6 Å². The molecule has 0 radical (unpaired) electrons. The number of fused-ring (bicyclic) bond motifs is 1. The highest BCUT2D eigenvalue weighted by atomic mass is 16.5. The Morgan fingerprint density at radius 1 is 1.00 bits per heavy atom. The average Bonchev–Trinajstić information content (AvgIpc) is 2.79. The van der Waals surface area contributed by atoms with Gasteiger partial charge in [-0.25, -0.2) is 0 Å². The summed E-state index contributed by atoms with van der Waals surface area (Å²) in [5.41, 5.74) is 3.94. The third kappa shape index (κ3) is 5.04. The summed E-state index contributed by atoms with van der Waals surface area (Å²) in [4.78, 5) is 10.5. The Balaban J connectivity index is 1.42. The van der Waals surface area contributed by atoms with Crippen LogP contribution in [0.1, 0.15) is 23.1 Å². The van der Waals surface area contributed by atoms with Gasteiger partial charge in [0.05, 0.1) is 7.11 Å². The number of aliphatic hydroxyl groups excluding tert-OH is 1. The number of pyridine rings is 1. The number of nitrogens with zero attached hydrogens (tertiary/aromatic N) is 3. The molecular weight excluding hydrogens is 390 g/mol. The number of benzene rings is 2. The van der Waals surface area contributed by atoms with E-state index in [2.05, 4.69) is 27.0 Å². The molecule has 4 rings (SSSR count). The van der Waals surface area contributed by atoms with Gasteiger partial charge in [-0.1, -0.05) is 12.1 Å². The summed E-state index contributed by atoms with van der Waals surface area (Å²) in [6.45, 7) is 0.780. The normalized spacial score (nSPS) is 16.6. The van der Waals surface area contributed by atoms with Crippen LogP contribution in [0.5, 0.6) is 11.5 Å². The third-order valence-electron chi connectivity index (χ3n) is 5.17. The van der Waals surface area contributed by atoms with E-state index in [1.807, 2.05) is 49.5 Å². The van der Waals surface area contributed by atoms with Crippen LogP contribution in [0, 0.1) is 0 Å². The number of methoxy groups -OCH3 is 1. The number of allylic oxidation sites excluding steroid dienone is 1. The quantitative estimate of drug-likeness (QED) is 0.620. The molecule has 0 saturated carbocycles. The van der Waals surface area contributed by atoms with E-state index in [1.54, 1.807) is 25.6 Å². The predicted molar refractivity (Wildman–Crippen MR) is 122 cm³/mol. The first kappa shape index (κ1) is 20.5. The number of aryl methyl sites for hydroxylation is 1. The second-order valence-corrected chi connectivity index (χ2v) is 7.35. The van der Waals surface area contributed by atoms with Gasteiger partial charge in [-0.2, -0.15) is 4.99 Å². The zero-order valence-corrected chi connectivity index (χ0v) is 17.7. The van der Waals surface area contributed by atoms with Gasteiger partial charge in [0, 0.05) is 37.2 Å². The van der Waals surface area contributed by atoms with E-state index in [-0.39, 0.29) is 5.90 Å². The Morgan fingerprint density at radius 2 is 1.74 bits per heavy atom. The van der Waals surface area contributed by atoms with Crippen molar-refractivity contribution in [3.05, 3.63) is 95.6 Å². The van der Waals surface area contributed by atoms with Crippen LogP contribution in [0.25, 0.3) is 0 Å². The van der Waals surface area contributed by atoms with Crippen LogP contribution in [0.4, 0.5) is 5.69 Å². The molecule has 0 unspecified atom stereocenters. The van der Waals surface area contributed by atoms with Crippen LogP contribution < -0.4 is 14.4 Å². The molecular formula is C25H25N3O3. The lowest BCUT2D eigenvalue weighted by Crippen LogP contribution is -2.16. The Morgan fingerprint density at radius 3 is 2.48 bits per heavy atom. The van der Waals surface area contributed by atoms with Gasteiger partial charge in [-0.15, -0.1) is 0 Å². The lowest BCUT2D eigenvalue weighted by molar-refractivity contribution is 0.411. The molecule has 0 fully saturated rings. The second-order valence-electron chi connectivity index (χ2n) is 7.35. The summed E-state index contributed by atoms with van der Waals surface area (Å²) in [5, 5.41) is 10.4. The van der Waals surface area contributed by atoms with Crippen molar-refractivity contribution in [2.75, 3.05) is 19.1 Å². The van der Waals surface area contributed by atoms with Crippen molar-refractivity contribution in [2.45, 2.75) is 19.4 Å². The van der Waals surface area contributed by atoms with Gasteiger partial charge in [0.25, 0.3) is 0 Å². The molecule has 1 aliphatic rings. The number of rotatable bonds is 6. The van der Waals surface area contributed by atoms with Crippen LogP contribution >= 0.6 is 0 Å². The van der Waals surface area contributed by atoms with Gasteiger partial charge < -0.3 is 19.5 Å². The number of aliphatic hydroxyl groups is 1. The van der Waals surface area contributed by atoms with Gasteiger partial charge in [0.1, 0.15) is 11.5 Å². The SMILES string of the molecule is COc1ccc(CN(C)c2ccc(OC3=C/CCc4cnccc4/C(O)=N\3)cc2)cc1. The fraction of sp³-hybridized carbons (Fsp3) is 0.200. The largest absolute Gasteiger partial charge is 0.497 e. The first-order valence-corrected chi connectivity index (χ1v) is 10.2. The van der Waals surface area contributed by atoms with Gasteiger partial charge in [-0.05, 0) is 72.5 Å². The maximum atomic E-state index is 10.4. The summed E-state index contributed by atoms with van der Waals surface area (Å²) in [7, 11) is 3.71. The number of ether oxygens (including phenoxy) is 2. The van der Waals surface area contributed by atoms with Crippen molar-refractivity contribution in [2.24, 2.45) is 4.99 Å². The first-order valence-electron chi connectivity index (χ1n) is 10.2. The zero-order chi connectivity index (χ0) is 21.6. The Kier molecular flexibility index (Phi) is 6.17. The van der Waals surface area contributed by atoms with Crippen molar-refractivity contribution >= 4 is 11.6 Å². The Hall–Kier alpha value is -3.80. The van der Waals surface area contributed by atoms with E-state index in [9.17, 15) is 5.11 Å². The highest BCUT2D eigenvalue weighted by Gasteiger charge is 2.13. The monoisotopic (exact) mass is 415 g/mol. The molecule has 1 aromatic heterocycles.